The highest BCUT2D eigenvalue weighted by Crippen LogP contribution is 2.17. The Bertz CT molecular complexity index is 998. The van der Waals surface area contributed by atoms with Crippen molar-refractivity contribution in [2.75, 3.05) is 5.32 Å². The lowest BCUT2D eigenvalue weighted by atomic mass is 10.2. The van der Waals surface area contributed by atoms with E-state index in [1.165, 1.54) is 30.3 Å². The monoisotopic (exact) mass is 373 g/mol. The van der Waals surface area contributed by atoms with Crippen LogP contribution in [-0.4, -0.2) is 19.5 Å². The van der Waals surface area contributed by atoms with Crippen molar-refractivity contribution in [3.05, 3.63) is 72.0 Å². The molecule has 0 aliphatic rings. The van der Waals surface area contributed by atoms with Gasteiger partial charge in [0.2, 0.25) is 15.8 Å². The lowest BCUT2D eigenvalue weighted by Crippen LogP contribution is -2.13. The Morgan fingerprint density at radius 3 is 2.46 bits per heavy atom. The molecule has 8 nitrogen and oxygen atoms in total. The third-order valence-corrected chi connectivity index (χ3v) is 4.31. The number of carbonyl (C=O) groups excluding carboxylic acids is 1. The molecule has 0 aliphatic carbocycles. The molecule has 1 aromatic heterocycles. The number of anilines is 1. The van der Waals surface area contributed by atoms with Crippen molar-refractivity contribution in [3.8, 4) is 5.88 Å². The number of amides is 1. The van der Waals surface area contributed by atoms with Crippen LogP contribution in [0, 0.1) is 0 Å². The summed E-state index contributed by atoms with van der Waals surface area (Å²) in [5.41, 5.74) is 1.34. The Labute approximate surface area is 149 Å². The standard InChI is InChI=1S/C17H15N3O5S/c18-26(22,23)14-8-6-13(7-9-14)19-17(21)15-10-16(20-25-15)24-11-12-4-2-1-3-5-12/h1-10H,11H2,(H,19,21)(H2,18,22,23). The number of sulfonamides is 1. The Balaban J connectivity index is 1.61. The first-order chi connectivity index (χ1) is 12.4. The molecule has 0 spiro atoms. The molecule has 9 heteroatoms. The Hall–Kier alpha value is -3.17. The molecule has 0 atom stereocenters. The topological polar surface area (TPSA) is 125 Å². The summed E-state index contributed by atoms with van der Waals surface area (Å²) in [6, 6.07) is 16.3. The maximum atomic E-state index is 12.1. The minimum absolute atomic E-state index is 0.0383. The molecule has 3 rings (SSSR count). The molecule has 0 aliphatic heterocycles. The number of nitrogens with two attached hydrogens (primary N) is 1. The Morgan fingerprint density at radius 2 is 1.81 bits per heavy atom. The van der Waals surface area contributed by atoms with Gasteiger partial charge in [-0.25, -0.2) is 13.6 Å². The van der Waals surface area contributed by atoms with Crippen LogP contribution >= 0.6 is 0 Å². The van der Waals surface area contributed by atoms with Gasteiger partial charge in [0.1, 0.15) is 6.61 Å². The van der Waals surface area contributed by atoms with Gasteiger partial charge in [-0.3, -0.25) is 4.79 Å². The van der Waals surface area contributed by atoms with Crippen LogP contribution in [0.4, 0.5) is 5.69 Å². The number of benzene rings is 2. The summed E-state index contributed by atoms with van der Waals surface area (Å²) < 4.78 is 32.8. The molecular weight excluding hydrogens is 358 g/mol. The lowest BCUT2D eigenvalue weighted by Gasteiger charge is -2.03. The maximum Gasteiger partial charge on any atom is 0.294 e. The molecule has 0 saturated carbocycles. The van der Waals surface area contributed by atoms with Crippen molar-refractivity contribution in [1.82, 2.24) is 5.16 Å². The van der Waals surface area contributed by atoms with E-state index in [0.29, 0.717) is 12.3 Å². The van der Waals surface area contributed by atoms with E-state index >= 15 is 0 Å². The summed E-state index contributed by atoms with van der Waals surface area (Å²) in [4.78, 5) is 12.1. The molecule has 3 N–H and O–H groups in total. The third-order valence-electron chi connectivity index (χ3n) is 3.38. The average Bonchev–Trinajstić information content (AvgIpc) is 3.10. The largest absolute Gasteiger partial charge is 0.471 e. The van der Waals surface area contributed by atoms with Crippen LogP contribution in [-0.2, 0) is 16.6 Å². The molecule has 0 radical (unpaired) electrons. The second kappa shape index (κ2) is 7.38. The molecule has 134 valence electrons. The summed E-state index contributed by atoms with van der Waals surface area (Å²) in [6.07, 6.45) is 0. The second-order valence-corrected chi connectivity index (χ2v) is 6.89. The minimum Gasteiger partial charge on any atom is -0.471 e. The van der Waals surface area contributed by atoms with E-state index in [-0.39, 0.29) is 16.5 Å². The molecule has 2 aromatic carbocycles. The number of aromatic nitrogens is 1. The second-order valence-electron chi connectivity index (χ2n) is 5.33. The number of nitrogens with zero attached hydrogens (tertiary/aromatic N) is 1. The van der Waals surface area contributed by atoms with Gasteiger partial charge in [-0.15, -0.1) is 0 Å². The van der Waals surface area contributed by atoms with Gasteiger partial charge in [-0.05, 0) is 35.0 Å². The smallest absolute Gasteiger partial charge is 0.294 e. The van der Waals surface area contributed by atoms with Crippen molar-refractivity contribution in [2.45, 2.75) is 11.5 Å². The fraction of sp³-hybridized carbons (Fsp3) is 0.0588. The van der Waals surface area contributed by atoms with Gasteiger partial charge < -0.3 is 14.6 Å². The highest BCUT2D eigenvalue weighted by atomic mass is 32.2. The number of primary sulfonamides is 1. The fourth-order valence-electron chi connectivity index (χ4n) is 2.09. The van der Waals surface area contributed by atoms with Crippen LogP contribution < -0.4 is 15.2 Å². The first kappa shape index (κ1) is 17.6. The van der Waals surface area contributed by atoms with Gasteiger partial charge in [0, 0.05) is 5.69 Å². The van der Waals surface area contributed by atoms with Crippen molar-refractivity contribution in [2.24, 2.45) is 5.14 Å². The summed E-state index contributed by atoms with van der Waals surface area (Å²) >= 11 is 0. The Kier molecular flexibility index (Phi) is 5.01. The van der Waals surface area contributed by atoms with Crippen LogP contribution in [0.3, 0.4) is 0 Å². The van der Waals surface area contributed by atoms with E-state index in [1.807, 2.05) is 30.3 Å². The molecule has 26 heavy (non-hydrogen) atoms. The highest BCUT2D eigenvalue weighted by Gasteiger charge is 2.15. The Morgan fingerprint density at radius 1 is 1.12 bits per heavy atom. The van der Waals surface area contributed by atoms with Crippen LogP contribution in [0.1, 0.15) is 16.1 Å². The van der Waals surface area contributed by atoms with Crippen LogP contribution in [0.2, 0.25) is 0 Å². The van der Waals surface area contributed by atoms with Crippen LogP contribution in [0.25, 0.3) is 0 Å². The van der Waals surface area contributed by atoms with E-state index < -0.39 is 15.9 Å². The van der Waals surface area contributed by atoms with Gasteiger partial charge in [0.25, 0.3) is 11.8 Å². The van der Waals surface area contributed by atoms with Gasteiger partial charge in [-0.2, -0.15) is 0 Å². The average molecular weight is 373 g/mol. The van der Waals surface area contributed by atoms with Gasteiger partial charge >= 0.3 is 0 Å². The predicted molar refractivity (Wildman–Crippen MR) is 93.0 cm³/mol. The summed E-state index contributed by atoms with van der Waals surface area (Å²) in [5, 5.41) is 11.3. The van der Waals surface area contributed by atoms with Crippen molar-refractivity contribution >= 4 is 21.6 Å². The van der Waals surface area contributed by atoms with Crippen LogP contribution in [0.5, 0.6) is 5.88 Å². The van der Waals surface area contributed by atoms with E-state index in [2.05, 4.69) is 10.5 Å². The first-order valence-electron chi connectivity index (χ1n) is 7.49. The fourth-order valence-corrected chi connectivity index (χ4v) is 2.60. The van der Waals surface area contributed by atoms with Crippen molar-refractivity contribution in [1.29, 1.82) is 0 Å². The normalized spacial score (nSPS) is 11.1. The maximum absolute atomic E-state index is 12.1. The molecule has 1 heterocycles. The van der Waals surface area contributed by atoms with Gasteiger partial charge in [0.05, 0.1) is 11.0 Å². The lowest BCUT2D eigenvalue weighted by molar-refractivity contribution is 0.0987. The molecular formula is C17H15N3O5S. The number of rotatable bonds is 6. The van der Waals surface area contributed by atoms with E-state index in [1.54, 1.807) is 0 Å². The van der Waals surface area contributed by atoms with Crippen molar-refractivity contribution < 1.29 is 22.5 Å². The number of hydrogen-bond acceptors (Lipinski definition) is 6. The number of ether oxygens (including phenoxy) is 1. The molecule has 0 unspecified atom stereocenters. The van der Waals surface area contributed by atoms with E-state index in [9.17, 15) is 13.2 Å². The quantitative estimate of drug-likeness (QED) is 0.682. The zero-order chi connectivity index (χ0) is 18.6. The highest BCUT2D eigenvalue weighted by molar-refractivity contribution is 7.89. The minimum atomic E-state index is -3.78. The molecule has 0 fully saturated rings. The summed E-state index contributed by atoms with van der Waals surface area (Å²) in [6.45, 7) is 0.295. The number of nitrogens with one attached hydrogen (secondary N) is 1. The predicted octanol–water partition coefficient (Wildman–Crippen LogP) is 2.15. The SMILES string of the molecule is NS(=O)(=O)c1ccc(NC(=O)c2cc(OCc3ccccc3)no2)cc1. The zero-order valence-electron chi connectivity index (χ0n) is 13.5. The summed E-state index contributed by atoms with van der Waals surface area (Å²) in [5.74, 6) is -0.400. The van der Waals surface area contributed by atoms with Crippen LogP contribution in [0.15, 0.2) is 70.1 Å². The molecule has 0 saturated heterocycles. The van der Waals surface area contributed by atoms with E-state index in [4.69, 9.17) is 14.4 Å². The third kappa shape index (κ3) is 4.47. The van der Waals surface area contributed by atoms with E-state index in [0.717, 1.165) is 5.56 Å². The molecule has 0 bridgehead atoms. The number of hydrogen-bond donors (Lipinski definition) is 2. The van der Waals surface area contributed by atoms with Gasteiger partial charge in [0.15, 0.2) is 0 Å². The first-order valence-corrected chi connectivity index (χ1v) is 9.04. The van der Waals surface area contributed by atoms with Gasteiger partial charge in [-0.1, -0.05) is 30.3 Å². The van der Waals surface area contributed by atoms with Crippen molar-refractivity contribution in [3.63, 3.8) is 0 Å². The zero-order valence-corrected chi connectivity index (χ0v) is 14.3. The molecule has 1 amide bonds. The molecule has 3 aromatic rings. The summed E-state index contributed by atoms with van der Waals surface area (Å²) in [7, 11) is -3.78. The number of carbonyl (C=O) groups is 1.